The van der Waals surface area contributed by atoms with Gasteiger partial charge in [-0.1, -0.05) is 13.8 Å². The van der Waals surface area contributed by atoms with E-state index in [2.05, 4.69) is 40.3 Å². The molecule has 2 N–H and O–H groups in total. The molecule has 0 amide bonds. The minimum Gasteiger partial charge on any atom is -0.363 e. The van der Waals surface area contributed by atoms with E-state index in [1.807, 2.05) is 6.92 Å². The van der Waals surface area contributed by atoms with Crippen LogP contribution in [0.15, 0.2) is 6.07 Å². The maximum absolute atomic E-state index is 5.34. The van der Waals surface area contributed by atoms with Crippen molar-refractivity contribution in [2.24, 2.45) is 11.8 Å². The number of thiocarbonyl (C=S) groups is 1. The average Bonchev–Trinajstić information content (AvgIpc) is 2.61. The minimum atomic E-state index is 0.578. The summed E-state index contributed by atoms with van der Waals surface area (Å²) in [5, 5.41) is 6.87. The van der Waals surface area contributed by atoms with E-state index in [1.54, 1.807) is 0 Å². The predicted octanol–water partition coefficient (Wildman–Crippen LogP) is 3.26. The van der Waals surface area contributed by atoms with Crippen LogP contribution in [0.4, 0.5) is 17.6 Å². The standard InChI is InChI=1S/C19H32N6S/c1-4-20-19(26)23-18-21-16(24-8-6-5-7-9-24)11-17(22-18)25-12-14(2)10-15(3)13-25/h11,14-15H,4-10,12-13H2,1-3H3,(H2,20,21,22,23,26)/t14-,15-/m1/s1. The molecule has 0 radical (unpaired) electrons. The number of nitrogens with one attached hydrogen (secondary N) is 2. The normalized spacial score (nSPS) is 23.7. The fraction of sp³-hybridized carbons (Fsp3) is 0.737. The third kappa shape index (κ3) is 4.96. The Labute approximate surface area is 162 Å². The van der Waals surface area contributed by atoms with Crippen molar-refractivity contribution in [1.29, 1.82) is 0 Å². The van der Waals surface area contributed by atoms with Crippen LogP contribution in [-0.2, 0) is 0 Å². The minimum absolute atomic E-state index is 0.578. The summed E-state index contributed by atoms with van der Waals surface area (Å²) in [6, 6.07) is 2.16. The summed E-state index contributed by atoms with van der Waals surface area (Å²) in [5.74, 6) is 4.00. The van der Waals surface area contributed by atoms with Gasteiger partial charge in [-0.05, 0) is 56.7 Å². The van der Waals surface area contributed by atoms with Crippen molar-refractivity contribution in [2.45, 2.75) is 46.5 Å². The zero-order chi connectivity index (χ0) is 18.5. The Balaban J connectivity index is 1.87. The maximum atomic E-state index is 5.34. The number of hydrogen-bond acceptors (Lipinski definition) is 5. The molecule has 1 aromatic heterocycles. The van der Waals surface area contributed by atoms with Crippen molar-refractivity contribution in [3.63, 3.8) is 0 Å². The molecule has 2 atom stereocenters. The van der Waals surface area contributed by atoms with E-state index >= 15 is 0 Å². The van der Waals surface area contributed by atoms with E-state index in [1.165, 1.54) is 25.7 Å². The predicted molar refractivity (Wildman–Crippen MR) is 113 cm³/mol. The number of aromatic nitrogens is 2. The molecule has 1 aromatic rings. The van der Waals surface area contributed by atoms with Crippen molar-refractivity contribution < 1.29 is 0 Å². The van der Waals surface area contributed by atoms with E-state index in [0.29, 0.717) is 22.9 Å². The highest BCUT2D eigenvalue weighted by atomic mass is 32.1. The molecule has 2 saturated heterocycles. The van der Waals surface area contributed by atoms with Crippen LogP contribution in [0.3, 0.4) is 0 Å². The molecule has 0 bridgehead atoms. The molecule has 6 nitrogen and oxygen atoms in total. The number of anilines is 3. The summed E-state index contributed by atoms with van der Waals surface area (Å²) in [6.45, 7) is 11.7. The van der Waals surface area contributed by atoms with Crippen LogP contribution < -0.4 is 20.4 Å². The van der Waals surface area contributed by atoms with E-state index in [0.717, 1.165) is 44.4 Å². The van der Waals surface area contributed by atoms with Crippen molar-refractivity contribution in [1.82, 2.24) is 15.3 Å². The maximum Gasteiger partial charge on any atom is 0.232 e. The SMILES string of the molecule is CCNC(=S)Nc1nc(N2CCCCC2)cc(N2C[C@H](C)C[C@@H](C)C2)n1. The Morgan fingerprint density at radius 1 is 1.08 bits per heavy atom. The van der Waals surface area contributed by atoms with Crippen LogP contribution in [0.1, 0.15) is 46.5 Å². The zero-order valence-electron chi connectivity index (χ0n) is 16.3. The molecule has 0 aromatic carbocycles. The summed E-state index contributed by atoms with van der Waals surface area (Å²) >= 11 is 5.34. The number of rotatable bonds is 4. The molecule has 0 spiro atoms. The molecular formula is C19H32N6S. The summed E-state index contributed by atoms with van der Waals surface area (Å²) in [4.78, 5) is 14.3. The highest BCUT2D eigenvalue weighted by Crippen LogP contribution is 2.29. The summed E-state index contributed by atoms with van der Waals surface area (Å²) in [6.07, 6.45) is 5.06. The van der Waals surface area contributed by atoms with Gasteiger partial charge in [0.1, 0.15) is 11.6 Å². The molecule has 0 unspecified atom stereocenters. The van der Waals surface area contributed by atoms with Crippen LogP contribution in [0.25, 0.3) is 0 Å². The van der Waals surface area contributed by atoms with E-state index in [-0.39, 0.29) is 0 Å². The van der Waals surface area contributed by atoms with Gasteiger partial charge in [0.05, 0.1) is 0 Å². The third-order valence-electron chi connectivity index (χ3n) is 5.13. The first-order valence-electron chi connectivity index (χ1n) is 9.99. The second kappa shape index (κ2) is 8.84. The topological polar surface area (TPSA) is 56.3 Å². The molecule has 0 aliphatic carbocycles. The Hall–Kier alpha value is -1.63. The van der Waals surface area contributed by atoms with E-state index in [4.69, 9.17) is 22.2 Å². The van der Waals surface area contributed by atoms with Crippen molar-refractivity contribution in [3.05, 3.63) is 6.07 Å². The second-order valence-electron chi connectivity index (χ2n) is 7.79. The Bertz CT molecular complexity index is 606. The van der Waals surface area contributed by atoms with Gasteiger partial charge in [0.25, 0.3) is 0 Å². The molecule has 0 saturated carbocycles. The first-order valence-corrected chi connectivity index (χ1v) is 10.4. The number of piperidine rings is 2. The molecule has 3 rings (SSSR count). The molecule has 7 heteroatoms. The monoisotopic (exact) mass is 376 g/mol. The van der Waals surface area contributed by atoms with Crippen molar-refractivity contribution in [3.8, 4) is 0 Å². The molecule has 3 heterocycles. The lowest BCUT2D eigenvalue weighted by Crippen LogP contribution is -2.40. The van der Waals surface area contributed by atoms with Gasteiger partial charge in [-0.2, -0.15) is 9.97 Å². The number of nitrogens with zero attached hydrogens (tertiary/aromatic N) is 4. The average molecular weight is 377 g/mol. The molecule has 2 aliphatic heterocycles. The highest BCUT2D eigenvalue weighted by molar-refractivity contribution is 7.80. The Morgan fingerprint density at radius 3 is 2.31 bits per heavy atom. The summed E-state index contributed by atoms with van der Waals surface area (Å²) < 4.78 is 0. The van der Waals surface area contributed by atoms with E-state index in [9.17, 15) is 0 Å². The van der Waals surface area contributed by atoms with Gasteiger partial charge in [0.15, 0.2) is 5.11 Å². The highest BCUT2D eigenvalue weighted by Gasteiger charge is 2.24. The summed E-state index contributed by atoms with van der Waals surface area (Å²) in [7, 11) is 0. The van der Waals surface area contributed by atoms with E-state index < -0.39 is 0 Å². The van der Waals surface area contributed by atoms with Crippen LogP contribution in [-0.4, -0.2) is 47.8 Å². The number of hydrogen-bond donors (Lipinski definition) is 2. The lowest BCUT2D eigenvalue weighted by molar-refractivity contribution is 0.355. The van der Waals surface area contributed by atoms with Gasteiger partial charge in [-0.25, -0.2) is 0 Å². The fourth-order valence-electron chi connectivity index (χ4n) is 4.08. The first kappa shape index (κ1) is 19.1. The first-order chi connectivity index (χ1) is 12.5. The molecular weight excluding hydrogens is 344 g/mol. The van der Waals surface area contributed by atoms with Crippen LogP contribution in [0.2, 0.25) is 0 Å². The molecule has 2 aliphatic rings. The smallest absolute Gasteiger partial charge is 0.232 e. The van der Waals surface area contributed by atoms with Crippen LogP contribution >= 0.6 is 12.2 Å². The quantitative estimate of drug-likeness (QED) is 0.782. The molecule has 26 heavy (non-hydrogen) atoms. The largest absolute Gasteiger partial charge is 0.363 e. The van der Waals surface area contributed by atoms with Crippen molar-refractivity contribution >= 4 is 34.9 Å². The van der Waals surface area contributed by atoms with Crippen LogP contribution in [0, 0.1) is 11.8 Å². The summed E-state index contributed by atoms with van der Waals surface area (Å²) in [5.41, 5.74) is 0. The van der Waals surface area contributed by atoms with Crippen LogP contribution in [0.5, 0.6) is 0 Å². The van der Waals surface area contributed by atoms with Gasteiger partial charge in [0, 0.05) is 38.8 Å². The Morgan fingerprint density at radius 2 is 1.69 bits per heavy atom. The van der Waals surface area contributed by atoms with Gasteiger partial charge in [-0.15, -0.1) is 0 Å². The fourth-order valence-corrected chi connectivity index (χ4v) is 4.32. The lowest BCUT2D eigenvalue weighted by Gasteiger charge is -2.36. The van der Waals surface area contributed by atoms with Gasteiger partial charge < -0.3 is 20.4 Å². The zero-order valence-corrected chi connectivity index (χ0v) is 17.1. The van der Waals surface area contributed by atoms with Gasteiger partial charge in [0.2, 0.25) is 5.95 Å². The Kier molecular flexibility index (Phi) is 6.51. The van der Waals surface area contributed by atoms with Crippen molar-refractivity contribution in [2.75, 3.05) is 47.8 Å². The molecule has 144 valence electrons. The third-order valence-corrected chi connectivity index (χ3v) is 5.38. The van der Waals surface area contributed by atoms with Gasteiger partial charge in [-0.3, -0.25) is 0 Å². The lowest BCUT2D eigenvalue weighted by atomic mass is 9.92. The van der Waals surface area contributed by atoms with Gasteiger partial charge >= 0.3 is 0 Å². The molecule has 2 fully saturated rings. The second-order valence-corrected chi connectivity index (χ2v) is 8.20.